The highest BCUT2D eigenvalue weighted by atomic mass is 32.2. The van der Waals surface area contributed by atoms with Crippen LogP contribution in [0.15, 0.2) is 0 Å². The van der Waals surface area contributed by atoms with E-state index in [4.69, 9.17) is 0 Å². The SMILES string of the molecule is CC(C)C(CNC(=O)CC1CSCCN1)C(C)C. The predicted molar refractivity (Wildman–Crippen MR) is 79.9 cm³/mol. The molecule has 106 valence electrons. The molecule has 3 nitrogen and oxygen atoms in total. The maximum Gasteiger partial charge on any atom is 0.221 e. The fourth-order valence-electron chi connectivity index (χ4n) is 2.52. The summed E-state index contributed by atoms with van der Waals surface area (Å²) in [5.41, 5.74) is 0. The van der Waals surface area contributed by atoms with Crippen molar-refractivity contribution in [3.63, 3.8) is 0 Å². The molecule has 1 aliphatic rings. The minimum absolute atomic E-state index is 0.196. The lowest BCUT2D eigenvalue weighted by Gasteiger charge is -2.26. The first kappa shape index (κ1) is 15.8. The number of rotatable bonds is 6. The number of hydrogen-bond acceptors (Lipinski definition) is 3. The molecule has 0 radical (unpaired) electrons. The van der Waals surface area contributed by atoms with Gasteiger partial charge in [-0.05, 0) is 17.8 Å². The highest BCUT2D eigenvalue weighted by molar-refractivity contribution is 7.99. The normalized spacial score (nSPS) is 20.7. The molecule has 1 amide bonds. The lowest BCUT2D eigenvalue weighted by atomic mass is 9.85. The van der Waals surface area contributed by atoms with Gasteiger partial charge in [-0.3, -0.25) is 4.79 Å². The lowest BCUT2D eigenvalue weighted by molar-refractivity contribution is -0.121. The van der Waals surface area contributed by atoms with Gasteiger partial charge in [0.05, 0.1) is 0 Å². The first-order valence-electron chi connectivity index (χ1n) is 7.08. The predicted octanol–water partition coefficient (Wildman–Crippen LogP) is 2.13. The third kappa shape index (κ3) is 5.61. The summed E-state index contributed by atoms with van der Waals surface area (Å²) >= 11 is 1.94. The van der Waals surface area contributed by atoms with Crippen LogP contribution in [0.5, 0.6) is 0 Å². The topological polar surface area (TPSA) is 41.1 Å². The molecule has 1 fully saturated rings. The van der Waals surface area contributed by atoms with Crippen LogP contribution in [0.1, 0.15) is 34.1 Å². The van der Waals surface area contributed by atoms with E-state index in [9.17, 15) is 4.79 Å². The highest BCUT2D eigenvalue weighted by Gasteiger charge is 2.20. The van der Waals surface area contributed by atoms with Gasteiger partial charge >= 0.3 is 0 Å². The maximum absolute atomic E-state index is 11.9. The Morgan fingerprint density at radius 2 is 2.00 bits per heavy atom. The number of nitrogens with one attached hydrogen (secondary N) is 2. The zero-order valence-electron chi connectivity index (χ0n) is 12.2. The summed E-state index contributed by atoms with van der Waals surface area (Å²) in [6.45, 7) is 10.8. The molecular weight excluding hydrogens is 244 g/mol. The minimum Gasteiger partial charge on any atom is -0.356 e. The largest absolute Gasteiger partial charge is 0.356 e. The van der Waals surface area contributed by atoms with E-state index in [1.165, 1.54) is 5.75 Å². The van der Waals surface area contributed by atoms with Gasteiger partial charge in [-0.2, -0.15) is 11.8 Å². The van der Waals surface area contributed by atoms with E-state index >= 15 is 0 Å². The molecule has 1 unspecified atom stereocenters. The fraction of sp³-hybridized carbons (Fsp3) is 0.929. The van der Waals surface area contributed by atoms with Crippen molar-refractivity contribution in [3.05, 3.63) is 0 Å². The smallest absolute Gasteiger partial charge is 0.221 e. The van der Waals surface area contributed by atoms with Crippen molar-refractivity contribution in [2.75, 3.05) is 24.6 Å². The minimum atomic E-state index is 0.196. The summed E-state index contributed by atoms with van der Waals surface area (Å²) in [5, 5.41) is 6.51. The van der Waals surface area contributed by atoms with Gasteiger partial charge in [-0.25, -0.2) is 0 Å². The molecule has 0 aliphatic carbocycles. The van der Waals surface area contributed by atoms with Crippen molar-refractivity contribution in [1.29, 1.82) is 0 Å². The molecule has 0 saturated carbocycles. The number of carbonyl (C=O) groups is 1. The van der Waals surface area contributed by atoms with Crippen LogP contribution < -0.4 is 10.6 Å². The van der Waals surface area contributed by atoms with Crippen LogP contribution in [0.4, 0.5) is 0 Å². The molecular formula is C14H28N2OS. The van der Waals surface area contributed by atoms with Crippen molar-refractivity contribution in [1.82, 2.24) is 10.6 Å². The Morgan fingerprint density at radius 1 is 1.33 bits per heavy atom. The lowest BCUT2D eigenvalue weighted by Crippen LogP contribution is -2.42. The molecule has 1 heterocycles. The molecule has 1 aliphatic heterocycles. The van der Waals surface area contributed by atoms with E-state index in [0.717, 1.165) is 18.8 Å². The summed E-state index contributed by atoms with van der Waals surface area (Å²) in [5.74, 6) is 4.23. The van der Waals surface area contributed by atoms with Crippen molar-refractivity contribution in [3.8, 4) is 0 Å². The van der Waals surface area contributed by atoms with E-state index < -0.39 is 0 Å². The summed E-state index contributed by atoms with van der Waals surface area (Å²) in [7, 11) is 0. The molecule has 0 spiro atoms. The fourth-order valence-corrected chi connectivity index (χ4v) is 3.47. The van der Waals surface area contributed by atoms with E-state index in [-0.39, 0.29) is 5.91 Å². The first-order chi connectivity index (χ1) is 8.50. The Bertz CT molecular complexity index is 242. The number of carbonyl (C=O) groups excluding carboxylic acids is 1. The average Bonchev–Trinajstić information content (AvgIpc) is 2.29. The quantitative estimate of drug-likeness (QED) is 0.778. The summed E-state index contributed by atoms with van der Waals surface area (Å²) in [6.07, 6.45) is 0.621. The molecule has 1 atom stereocenters. The highest BCUT2D eigenvalue weighted by Crippen LogP contribution is 2.19. The van der Waals surface area contributed by atoms with Crippen LogP contribution in [0.2, 0.25) is 0 Å². The Kier molecular flexibility index (Phi) is 7.08. The molecule has 18 heavy (non-hydrogen) atoms. The Balaban J connectivity index is 2.26. The van der Waals surface area contributed by atoms with Crippen LogP contribution in [0.3, 0.4) is 0 Å². The van der Waals surface area contributed by atoms with Gasteiger partial charge in [0.2, 0.25) is 5.91 Å². The molecule has 0 aromatic heterocycles. The van der Waals surface area contributed by atoms with Crippen molar-refractivity contribution < 1.29 is 4.79 Å². The zero-order chi connectivity index (χ0) is 13.5. The maximum atomic E-state index is 11.9. The summed E-state index contributed by atoms with van der Waals surface area (Å²) in [4.78, 5) is 11.9. The van der Waals surface area contributed by atoms with E-state index in [2.05, 4.69) is 38.3 Å². The number of thioether (sulfide) groups is 1. The second kappa shape index (κ2) is 8.05. The molecule has 0 bridgehead atoms. The van der Waals surface area contributed by atoms with Crippen LogP contribution in [0, 0.1) is 17.8 Å². The second-order valence-corrected chi connectivity index (χ2v) is 7.04. The van der Waals surface area contributed by atoms with Crippen LogP contribution in [0.25, 0.3) is 0 Å². The van der Waals surface area contributed by atoms with Crippen LogP contribution in [-0.4, -0.2) is 36.5 Å². The van der Waals surface area contributed by atoms with Gasteiger partial charge in [0.1, 0.15) is 0 Å². The van der Waals surface area contributed by atoms with Crippen molar-refractivity contribution in [2.24, 2.45) is 17.8 Å². The van der Waals surface area contributed by atoms with Gasteiger partial charge in [0, 0.05) is 37.1 Å². The standard InChI is InChI=1S/C14H28N2OS/c1-10(2)13(11(3)4)8-16-14(17)7-12-9-18-6-5-15-12/h10-13,15H,5-9H2,1-4H3,(H,16,17). The molecule has 2 N–H and O–H groups in total. The third-order valence-electron chi connectivity index (χ3n) is 3.68. The molecule has 0 aromatic rings. The average molecular weight is 272 g/mol. The van der Waals surface area contributed by atoms with Gasteiger partial charge in [0.25, 0.3) is 0 Å². The molecule has 4 heteroatoms. The third-order valence-corrected chi connectivity index (χ3v) is 4.81. The first-order valence-corrected chi connectivity index (χ1v) is 8.24. The Labute approximate surface area is 116 Å². The Hall–Kier alpha value is -0.220. The molecule has 1 rings (SSSR count). The number of amides is 1. The van der Waals surface area contributed by atoms with Gasteiger partial charge in [0.15, 0.2) is 0 Å². The van der Waals surface area contributed by atoms with Crippen molar-refractivity contribution >= 4 is 17.7 Å². The van der Waals surface area contributed by atoms with E-state index in [1.807, 2.05) is 11.8 Å². The summed E-state index contributed by atoms with van der Waals surface area (Å²) in [6, 6.07) is 0.361. The second-order valence-electron chi connectivity index (χ2n) is 5.89. The van der Waals surface area contributed by atoms with Crippen LogP contribution >= 0.6 is 11.8 Å². The van der Waals surface area contributed by atoms with Gasteiger partial charge in [-0.15, -0.1) is 0 Å². The van der Waals surface area contributed by atoms with E-state index in [1.54, 1.807) is 0 Å². The monoisotopic (exact) mass is 272 g/mol. The van der Waals surface area contributed by atoms with Gasteiger partial charge < -0.3 is 10.6 Å². The van der Waals surface area contributed by atoms with E-state index in [0.29, 0.717) is 30.2 Å². The zero-order valence-corrected chi connectivity index (χ0v) is 13.0. The molecule has 1 saturated heterocycles. The van der Waals surface area contributed by atoms with Crippen LogP contribution in [-0.2, 0) is 4.79 Å². The van der Waals surface area contributed by atoms with Gasteiger partial charge in [-0.1, -0.05) is 27.7 Å². The number of hydrogen-bond donors (Lipinski definition) is 2. The molecule has 0 aromatic carbocycles. The van der Waals surface area contributed by atoms with Crippen molar-refractivity contribution in [2.45, 2.75) is 40.2 Å². The Morgan fingerprint density at radius 3 is 2.50 bits per heavy atom. The summed E-state index contributed by atoms with van der Waals surface area (Å²) < 4.78 is 0.